The van der Waals surface area contributed by atoms with Crippen molar-refractivity contribution in [2.75, 3.05) is 13.7 Å². The van der Waals surface area contributed by atoms with Crippen LogP contribution in [-0.4, -0.2) is 13.7 Å². The van der Waals surface area contributed by atoms with Crippen LogP contribution in [-0.2, 0) is 0 Å². The molecule has 1 N–H and O–H groups in total. The maximum absolute atomic E-state index is 5.42. The molecule has 0 spiro atoms. The molecule has 1 fully saturated rings. The van der Waals surface area contributed by atoms with Gasteiger partial charge in [-0.15, -0.1) is 0 Å². The van der Waals surface area contributed by atoms with Crippen molar-refractivity contribution in [3.63, 3.8) is 0 Å². The monoisotopic (exact) mass is 261 g/mol. The highest BCUT2D eigenvalue weighted by Crippen LogP contribution is 2.43. The summed E-state index contributed by atoms with van der Waals surface area (Å²) in [4.78, 5) is 0. The van der Waals surface area contributed by atoms with Crippen LogP contribution in [0.2, 0.25) is 0 Å². The molecular formula is C17H27NO. The van der Waals surface area contributed by atoms with E-state index in [9.17, 15) is 0 Å². The van der Waals surface area contributed by atoms with Crippen LogP contribution in [0.3, 0.4) is 0 Å². The van der Waals surface area contributed by atoms with Crippen LogP contribution in [0.25, 0.3) is 0 Å². The molecule has 0 saturated heterocycles. The fraction of sp³-hybridized carbons (Fsp3) is 0.647. The molecule has 2 nitrogen and oxygen atoms in total. The summed E-state index contributed by atoms with van der Waals surface area (Å²) in [6.07, 6.45) is 2.80. The third-order valence-electron chi connectivity index (χ3n) is 4.43. The van der Waals surface area contributed by atoms with Crippen LogP contribution in [0.1, 0.15) is 49.4 Å². The Morgan fingerprint density at radius 1 is 1.26 bits per heavy atom. The molecule has 2 heteroatoms. The van der Waals surface area contributed by atoms with E-state index in [0.29, 0.717) is 12.0 Å². The van der Waals surface area contributed by atoms with Crippen LogP contribution in [0.5, 0.6) is 5.75 Å². The first kappa shape index (κ1) is 14.4. The lowest BCUT2D eigenvalue weighted by molar-refractivity contribution is 0.353. The number of nitrogens with one attached hydrogen (secondary N) is 1. The van der Waals surface area contributed by atoms with Gasteiger partial charge in [-0.05, 0) is 67.8 Å². The van der Waals surface area contributed by atoms with Gasteiger partial charge in [0, 0.05) is 6.04 Å². The summed E-state index contributed by atoms with van der Waals surface area (Å²) in [6, 6.07) is 4.96. The molecular weight excluding hydrogens is 234 g/mol. The molecule has 106 valence electrons. The van der Waals surface area contributed by atoms with Crippen molar-refractivity contribution in [1.82, 2.24) is 5.32 Å². The third-order valence-corrected chi connectivity index (χ3v) is 4.43. The molecule has 0 aliphatic heterocycles. The smallest absolute Gasteiger partial charge is 0.122 e. The Labute approximate surface area is 117 Å². The maximum Gasteiger partial charge on any atom is 0.122 e. The molecule has 1 aromatic carbocycles. The van der Waals surface area contributed by atoms with Crippen molar-refractivity contribution in [3.05, 3.63) is 28.8 Å². The predicted octanol–water partition coefficient (Wildman–Crippen LogP) is 4.01. The zero-order chi connectivity index (χ0) is 14.0. The second-order valence-electron chi connectivity index (χ2n) is 5.91. The minimum atomic E-state index is 0.474. The van der Waals surface area contributed by atoms with Gasteiger partial charge in [0.1, 0.15) is 5.75 Å². The van der Waals surface area contributed by atoms with Gasteiger partial charge in [0.15, 0.2) is 0 Å². The molecule has 0 aromatic heterocycles. The molecule has 2 unspecified atom stereocenters. The van der Waals surface area contributed by atoms with Crippen molar-refractivity contribution < 1.29 is 4.74 Å². The minimum Gasteiger partial charge on any atom is -0.496 e. The normalized spacial score (nSPS) is 18.2. The fourth-order valence-electron chi connectivity index (χ4n) is 3.06. The standard InChI is InChI=1S/C17H27NO/c1-6-18-17(13(4)14-7-8-14)15-9-12(3)16(19-5)10-11(15)2/h9-10,13-14,17-18H,6-8H2,1-5H3. The van der Waals surface area contributed by atoms with Gasteiger partial charge in [-0.25, -0.2) is 0 Å². The van der Waals surface area contributed by atoms with E-state index in [1.54, 1.807) is 7.11 Å². The highest BCUT2D eigenvalue weighted by molar-refractivity contribution is 5.43. The predicted molar refractivity (Wildman–Crippen MR) is 80.8 cm³/mol. The fourth-order valence-corrected chi connectivity index (χ4v) is 3.06. The van der Waals surface area contributed by atoms with Gasteiger partial charge in [0.2, 0.25) is 0 Å². The summed E-state index contributed by atoms with van der Waals surface area (Å²) in [5.41, 5.74) is 4.01. The Morgan fingerprint density at radius 3 is 2.47 bits per heavy atom. The van der Waals surface area contributed by atoms with E-state index >= 15 is 0 Å². The number of rotatable bonds is 6. The van der Waals surface area contributed by atoms with E-state index in [2.05, 4.69) is 45.1 Å². The van der Waals surface area contributed by atoms with Crippen molar-refractivity contribution in [3.8, 4) is 5.75 Å². The third kappa shape index (κ3) is 3.11. The first-order valence-corrected chi connectivity index (χ1v) is 7.47. The Balaban J connectivity index is 2.32. The Hall–Kier alpha value is -1.02. The van der Waals surface area contributed by atoms with Gasteiger partial charge in [-0.1, -0.05) is 19.9 Å². The molecule has 2 rings (SSSR count). The molecule has 2 atom stereocenters. The van der Waals surface area contributed by atoms with Crippen molar-refractivity contribution in [2.24, 2.45) is 11.8 Å². The zero-order valence-corrected chi connectivity index (χ0v) is 12.9. The van der Waals surface area contributed by atoms with Gasteiger partial charge in [0.05, 0.1) is 7.11 Å². The van der Waals surface area contributed by atoms with Gasteiger partial charge in [-0.2, -0.15) is 0 Å². The summed E-state index contributed by atoms with van der Waals surface area (Å²) >= 11 is 0. The second kappa shape index (κ2) is 5.96. The highest BCUT2D eigenvalue weighted by atomic mass is 16.5. The molecule has 0 bridgehead atoms. The van der Waals surface area contributed by atoms with Crippen LogP contribution in [0.15, 0.2) is 12.1 Å². The van der Waals surface area contributed by atoms with Gasteiger partial charge < -0.3 is 10.1 Å². The maximum atomic E-state index is 5.42. The molecule has 19 heavy (non-hydrogen) atoms. The summed E-state index contributed by atoms with van der Waals surface area (Å²) in [7, 11) is 1.75. The Bertz CT molecular complexity index is 437. The van der Waals surface area contributed by atoms with Crippen molar-refractivity contribution in [2.45, 2.75) is 46.6 Å². The van der Waals surface area contributed by atoms with E-state index in [1.165, 1.54) is 29.5 Å². The molecule has 1 saturated carbocycles. The summed E-state index contributed by atoms with van der Waals surface area (Å²) in [6.45, 7) is 9.93. The number of hydrogen-bond acceptors (Lipinski definition) is 2. The highest BCUT2D eigenvalue weighted by Gasteiger charge is 2.34. The topological polar surface area (TPSA) is 21.3 Å². The van der Waals surface area contributed by atoms with E-state index in [0.717, 1.165) is 18.2 Å². The van der Waals surface area contributed by atoms with Crippen molar-refractivity contribution in [1.29, 1.82) is 0 Å². The number of methoxy groups -OCH3 is 1. The SMILES string of the molecule is CCNC(c1cc(C)c(OC)cc1C)C(C)C1CC1. The molecule has 1 aliphatic carbocycles. The number of benzene rings is 1. The first-order valence-electron chi connectivity index (χ1n) is 7.47. The second-order valence-corrected chi connectivity index (χ2v) is 5.91. The van der Waals surface area contributed by atoms with E-state index in [1.807, 2.05) is 0 Å². The lowest BCUT2D eigenvalue weighted by Crippen LogP contribution is -2.28. The number of aryl methyl sites for hydroxylation is 2. The number of hydrogen-bond donors (Lipinski definition) is 1. The number of ether oxygens (including phenoxy) is 1. The van der Waals surface area contributed by atoms with Crippen LogP contribution in [0, 0.1) is 25.7 Å². The summed E-state index contributed by atoms with van der Waals surface area (Å²) in [5, 5.41) is 3.68. The molecule has 1 aromatic rings. The molecule has 0 heterocycles. The van der Waals surface area contributed by atoms with Gasteiger partial charge in [-0.3, -0.25) is 0 Å². The molecule has 0 radical (unpaired) electrons. The van der Waals surface area contributed by atoms with Crippen LogP contribution in [0.4, 0.5) is 0 Å². The average molecular weight is 261 g/mol. The van der Waals surface area contributed by atoms with E-state index in [-0.39, 0.29) is 0 Å². The molecule has 0 amide bonds. The van der Waals surface area contributed by atoms with Crippen LogP contribution < -0.4 is 10.1 Å². The van der Waals surface area contributed by atoms with Gasteiger partial charge in [0.25, 0.3) is 0 Å². The van der Waals surface area contributed by atoms with Crippen molar-refractivity contribution >= 4 is 0 Å². The summed E-state index contributed by atoms with van der Waals surface area (Å²) < 4.78 is 5.42. The molecule has 1 aliphatic rings. The largest absolute Gasteiger partial charge is 0.496 e. The minimum absolute atomic E-state index is 0.474. The lowest BCUT2D eigenvalue weighted by Gasteiger charge is -2.27. The summed E-state index contributed by atoms with van der Waals surface area (Å²) in [5.74, 6) is 2.62. The van der Waals surface area contributed by atoms with Gasteiger partial charge >= 0.3 is 0 Å². The average Bonchev–Trinajstić information content (AvgIpc) is 3.22. The van der Waals surface area contributed by atoms with Crippen LogP contribution >= 0.6 is 0 Å². The quantitative estimate of drug-likeness (QED) is 0.835. The first-order chi connectivity index (χ1) is 9.08. The zero-order valence-electron chi connectivity index (χ0n) is 12.9. The Kier molecular flexibility index (Phi) is 4.51. The Morgan fingerprint density at radius 2 is 1.95 bits per heavy atom. The lowest BCUT2D eigenvalue weighted by atomic mass is 9.87. The van der Waals surface area contributed by atoms with E-state index in [4.69, 9.17) is 4.74 Å². The van der Waals surface area contributed by atoms with E-state index < -0.39 is 0 Å².